The highest BCUT2D eigenvalue weighted by molar-refractivity contribution is 14.0. The minimum absolute atomic E-state index is 0. The summed E-state index contributed by atoms with van der Waals surface area (Å²) in [7, 11) is 0. The molecule has 0 radical (unpaired) electrons. The van der Waals surface area contributed by atoms with E-state index in [0.717, 1.165) is 47.6 Å². The summed E-state index contributed by atoms with van der Waals surface area (Å²) in [5.74, 6) is 2.16. The van der Waals surface area contributed by atoms with Crippen LogP contribution in [0.5, 0.6) is 0 Å². The molecule has 6 nitrogen and oxygen atoms in total. The van der Waals surface area contributed by atoms with Crippen LogP contribution in [-0.4, -0.2) is 29.2 Å². The summed E-state index contributed by atoms with van der Waals surface area (Å²) in [4.78, 5) is 9.24. The first-order chi connectivity index (χ1) is 11.5. The van der Waals surface area contributed by atoms with Gasteiger partial charge < -0.3 is 15.2 Å². The lowest BCUT2D eigenvalue weighted by Crippen LogP contribution is -2.38. The number of rotatable bonds is 7. The molecular formula is C17H28IN5OS. The van der Waals surface area contributed by atoms with Crippen LogP contribution in [0, 0.1) is 13.8 Å². The van der Waals surface area contributed by atoms with Gasteiger partial charge in [-0.25, -0.2) is 9.98 Å². The van der Waals surface area contributed by atoms with Gasteiger partial charge in [0.1, 0.15) is 10.8 Å². The number of nitrogens with zero attached hydrogens (tertiary/aromatic N) is 3. The van der Waals surface area contributed by atoms with Crippen LogP contribution < -0.4 is 10.6 Å². The fourth-order valence-electron chi connectivity index (χ4n) is 2.32. The highest BCUT2D eigenvalue weighted by Gasteiger charge is 2.09. The quantitative estimate of drug-likeness (QED) is 0.361. The number of aliphatic imine (C=N–C) groups is 1. The van der Waals surface area contributed by atoms with E-state index < -0.39 is 0 Å². The molecule has 0 atom stereocenters. The number of guanidine groups is 1. The van der Waals surface area contributed by atoms with Crippen molar-refractivity contribution in [3.05, 3.63) is 33.1 Å². The van der Waals surface area contributed by atoms with E-state index in [-0.39, 0.29) is 24.0 Å². The Morgan fingerprint density at radius 1 is 1.32 bits per heavy atom. The lowest BCUT2D eigenvalue weighted by Gasteiger charge is -2.10. The molecule has 0 fully saturated rings. The average molecular weight is 477 g/mol. The fraction of sp³-hybridized carbons (Fsp3) is 0.588. The van der Waals surface area contributed by atoms with E-state index in [1.54, 1.807) is 11.3 Å². The molecule has 0 bridgehead atoms. The van der Waals surface area contributed by atoms with Gasteiger partial charge in [-0.05, 0) is 33.1 Å². The molecule has 2 aromatic rings. The van der Waals surface area contributed by atoms with Crippen molar-refractivity contribution < 1.29 is 4.52 Å². The van der Waals surface area contributed by atoms with E-state index >= 15 is 0 Å². The minimum atomic E-state index is 0. The van der Waals surface area contributed by atoms with Gasteiger partial charge in [-0.1, -0.05) is 19.0 Å². The van der Waals surface area contributed by atoms with E-state index in [9.17, 15) is 0 Å². The predicted octanol–water partition coefficient (Wildman–Crippen LogP) is 3.79. The SMILES string of the molecule is CCNC(=NCc1nc(C(C)C)cs1)NCCc1c(C)noc1C.I. The van der Waals surface area contributed by atoms with E-state index in [1.807, 2.05) is 13.8 Å². The van der Waals surface area contributed by atoms with Gasteiger partial charge in [-0.15, -0.1) is 35.3 Å². The first kappa shape index (κ1) is 21.9. The second-order valence-electron chi connectivity index (χ2n) is 6.00. The van der Waals surface area contributed by atoms with Crippen LogP contribution >= 0.6 is 35.3 Å². The van der Waals surface area contributed by atoms with Crippen LogP contribution in [0.4, 0.5) is 0 Å². The third-order valence-corrected chi connectivity index (χ3v) is 4.58. The predicted molar refractivity (Wildman–Crippen MR) is 114 cm³/mol. The number of thiazole rings is 1. The highest BCUT2D eigenvalue weighted by Crippen LogP contribution is 2.18. The smallest absolute Gasteiger partial charge is 0.191 e. The maximum atomic E-state index is 5.20. The Bertz CT molecular complexity index is 661. The molecule has 0 aliphatic carbocycles. The molecule has 2 N–H and O–H groups in total. The zero-order chi connectivity index (χ0) is 17.5. The van der Waals surface area contributed by atoms with E-state index in [2.05, 4.69) is 51.9 Å². The van der Waals surface area contributed by atoms with E-state index in [1.165, 1.54) is 5.56 Å². The summed E-state index contributed by atoms with van der Waals surface area (Å²) in [6.45, 7) is 12.5. The lowest BCUT2D eigenvalue weighted by atomic mass is 10.1. The molecule has 2 rings (SSSR count). The number of hydrogen-bond donors (Lipinski definition) is 2. The summed E-state index contributed by atoms with van der Waals surface area (Å²) < 4.78 is 5.20. The molecule has 0 aromatic carbocycles. The van der Waals surface area contributed by atoms with Gasteiger partial charge in [-0.2, -0.15) is 0 Å². The van der Waals surface area contributed by atoms with Crippen molar-refractivity contribution in [1.29, 1.82) is 0 Å². The molecule has 0 aliphatic heterocycles. The Morgan fingerprint density at radius 3 is 2.64 bits per heavy atom. The van der Waals surface area contributed by atoms with Crippen molar-refractivity contribution >= 4 is 41.3 Å². The zero-order valence-electron chi connectivity index (χ0n) is 15.5. The topological polar surface area (TPSA) is 75.3 Å². The monoisotopic (exact) mass is 477 g/mol. The lowest BCUT2D eigenvalue weighted by molar-refractivity contribution is 0.392. The molecule has 0 unspecified atom stereocenters. The fourth-order valence-corrected chi connectivity index (χ4v) is 3.19. The van der Waals surface area contributed by atoms with Crippen LogP contribution in [0.15, 0.2) is 14.9 Å². The van der Waals surface area contributed by atoms with Crippen molar-refractivity contribution in [2.45, 2.75) is 53.5 Å². The van der Waals surface area contributed by atoms with Gasteiger partial charge in [0, 0.05) is 24.0 Å². The minimum Gasteiger partial charge on any atom is -0.361 e. The molecule has 25 heavy (non-hydrogen) atoms. The largest absolute Gasteiger partial charge is 0.361 e. The molecule has 0 aliphatic rings. The standard InChI is InChI=1S/C17H27N5OS.HI/c1-6-18-17(19-8-7-14-12(4)22-23-13(14)5)20-9-16-21-15(10-24-16)11(2)3;/h10-11H,6-9H2,1-5H3,(H2,18,19,20);1H. The van der Waals surface area contributed by atoms with Gasteiger partial charge in [0.2, 0.25) is 0 Å². The second-order valence-corrected chi connectivity index (χ2v) is 6.94. The number of aryl methyl sites for hydroxylation is 2. The molecule has 140 valence electrons. The van der Waals surface area contributed by atoms with Gasteiger partial charge in [0.15, 0.2) is 5.96 Å². The van der Waals surface area contributed by atoms with Crippen molar-refractivity contribution in [1.82, 2.24) is 20.8 Å². The van der Waals surface area contributed by atoms with Gasteiger partial charge >= 0.3 is 0 Å². The molecule has 0 saturated carbocycles. The first-order valence-corrected chi connectivity index (χ1v) is 9.27. The Balaban J connectivity index is 0.00000312. The number of nitrogens with one attached hydrogen (secondary N) is 2. The molecular weight excluding hydrogens is 449 g/mol. The number of hydrogen-bond acceptors (Lipinski definition) is 5. The normalized spacial score (nSPS) is 11.5. The Hall–Kier alpha value is -1.16. The molecule has 0 spiro atoms. The summed E-state index contributed by atoms with van der Waals surface area (Å²) in [6.07, 6.45) is 0.861. The molecule has 0 amide bonds. The molecule has 0 saturated heterocycles. The Labute approximate surface area is 170 Å². The van der Waals surface area contributed by atoms with Crippen molar-refractivity contribution in [3.8, 4) is 0 Å². The van der Waals surface area contributed by atoms with E-state index in [0.29, 0.717) is 12.5 Å². The van der Waals surface area contributed by atoms with Crippen LogP contribution in [0.2, 0.25) is 0 Å². The van der Waals surface area contributed by atoms with Crippen molar-refractivity contribution in [2.24, 2.45) is 4.99 Å². The number of aromatic nitrogens is 2. The summed E-state index contributed by atoms with van der Waals surface area (Å²) in [6, 6.07) is 0. The maximum absolute atomic E-state index is 5.20. The molecule has 8 heteroatoms. The molecule has 2 heterocycles. The number of halogens is 1. The van der Waals surface area contributed by atoms with Gasteiger partial charge in [0.25, 0.3) is 0 Å². The second kappa shape index (κ2) is 10.7. The van der Waals surface area contributed by atoms with Gasteiger partial charge in [-0.3, -0.25) is 0 Å². The summed E-state index contributed by atoms with van der Waals surface area (Å²) in [5.41, 5.74) is 3.27. The average Bonchev–Trinajstić information content (AvgIpc) is 3.14. The summed E-state index contributed by atoms with van der Waals surface area (Å²) in [5, 5.41) is 13.8. The van der Waals surface area contributed by atoms with Crippen LogP contribution in [-0.2, 0) is 13.0 Å². The van der Waals surface area contributed by atoms with Gasteiger partial charge in [0.05, 0.1) is 17.9 Å². The van der Waals surface area contributed by atoms with Crippen LogP contribution in [0.1, 0.15) is 54.4 Å². The van der Waals surface area contributed by atoms with Crippen molar-refractivity contribution in [3.63, 3.8) is 0 Å². The van der Waals surface area contributed by atoms with E-state index in [4.69, 9.17) is 4.52 Å². The van der Waals surface area contributed by atoms with Crippen molar-refractivity contribution in [2.75, 3.05) is 13.1 Å². The third-order valence-electron chi connectivity index (χ3n) is 3.73. The Morgan fingerprint density at radius 2 is 2.08 bits per heavy atom. The maximum Gasteiger partial charge on any atom is 0.191 e. The Kier molecular flexibility index (Phi) is 9.41. The summed E-state index contributed by atoms with van der Waals surface area (Å²) >= 11 is 1.67. The highest BCUT2D eigenvalue weighted by atomic mass is 127. The third kappa shape index (κ3) is 6.58. The first-order valence-electron chi connectivity index (χ1n) is 8.39. The molecule has 2 aromatic heterocycles. The van der Waals surface area contributed by atoms with Crippen LogP contribution in [0.25, 0.3) is 0 Å². The van der Waals surface area contributed by atoms with Crippen LogP contribution in [0.3, 0.4) is 0 Å². The zero-order valence-corrected chi connectivity index (χ0v) is 18.7.